The van der Waals surface area contributed by atoms with Gasteiger partial charge in [0.05, 0.1) is 0 Å². The van der Waals surface area contributed by atoms with Crippen molar-refractivity contribution in [3.63, 3.8) is 0 Å². The van der Waals surface area contributed by atoms with Crippen LogP contribution in [-0.2, 0) is 0 Å². The molecule has 0 aliphatic heterocycles. The molecule has 33 heavy (non-hydrogen) atoms. The van der Waals surface area contributed by atoms with Gasteiger partial charge >= 0.3 is 0 Å². The van der Waals surface area contributed by atoms with Crippen molar-refractivity contribution >= 4 is 8.19 Å². The fourth-order valence-corrected chi connectivity index (χ4v) is 5.47. The molecule has 0 atom stereocenters. The molecule has 0 saturated carbocycles. The molecule has 1 aromatic heterocycles. The van der Waals surface area contributed by atoms with E-state index in [-0.39, 0.29) is 0 Å². The minimum Gasteiger partial charge on any atom is -0.103 e. The smallest absolute Gasteiger partial charge is 0.0105 e. The highest BCUT2D eigenvalue weighted by Crippen LogP contribution is 2.43. The summed E-state index contributed by atoms with van der Waals surface area (Å²) in [7, 11) is 1.27. The molecule has 4 aromatic rings. The lowest BCUT2D eigenvalue weighted by atomic mass is 9.97. The molecule has 0 radical (unpaired) electrons. The van der Waals surface area contributed by atoms with Crippen molar-refractivity contribution in [3.05, 3.63) is 113 Å². The molecule has 0 bridgehead atoms. The largest absolute Gasteiger partial charge is 0.103 e. The molecule has 0 saturated heterocycles. The van der Waals surface area contributed by atoms with Gasteiger partial charge in [0, 0.05) is 10.6 Å². The summed E-state index contributed by atoms with van der Waals surface area (Å²) in [5.41, 5.74) is 13.4. The predicted molar refractivity (Wildman–Crippen MR) is 150 cm³/mol. The molecule has 1 heteroatoms. The van der Waals surface area contributed by atoms with Crippen molar-refractivity contribution in [2.24, 2.45) is 0 Å². The first-order valence-corrected chi connectivity index (χ1v) is 12.5. The molecule has 0 N–H and O–H groups in total. The quantitative estimate of drug-likeness (QED) is 0.272. The van der Waals surface area contributed by atoms with Gasteiger partial charge in [0.2, 0.25) is 0 Å². The van der Waals surface area contributed by atoms with E-state index in [2.05, 4.69) is 115 Å². The van der Waals surface area contributed by atoms with E-state index in [1.807, 2.05) is 6.92 Å². The molecular formula is C32H35P. The van der Waals surface area contributed by atoms with E-state index in [9.17, 15) is 0 Å². The number of hydrogen-bond acceptors (Lipinski definition) is 0. The lowest BCUT2D eigenvalue weighted by Crippen LogP contribution is -1.91. The number of benzene rings is 3. The fourth-order valence-electron chi connectivity index (χ4n) is 4.08. The summed E-state index contributed by atoms with van der Waals surface area (Å²) in [6, 6.07) is 24.9. The maximum atomic E-state index is 3.36. The van der Waals surface area contributed by atoms with Crippen LogP contribution in [0.1, 0.15) is 40.3 Å². The van der Waals surface area contributed by atoms with Crippen LogP contribution in [0.15, 0.2) is 79.4 Å². The Labute approximate surface area is 202 Å². The lowest BCUT2D eigenvalue weighted by Gasteiger charge is -2.16. The van der Waals surface area contributed by atoms with Crippen LogP contribution in [0.4, 0.5) is 0 Å². The third kappa shape index (κ3) is 5.70. The van der Waals surface area contributed by atoms with Gasteiger partial charge in [0.25, 0.3) is 0 Å². The van der Waals surface area contributed by atoms with Gasteiger partial charge in [-0.25, -0.2) is 0 Å². The van der Waals surface area contributed by atoms with Gasteiger partial charge in [-0.3, -0.25) is 0 Å². The summed E-state index contributed by atoms with van der Waals surface area (Å²) in [5.74, 6) is 0. The molecule has 0 unspecified atom stereocenters. The van der Waals surface area contributed by atoms with Crippen molar-refractivity contribution in [2.45, 2.75) is 48.5 Å². The zero-order valence-corrected chi connectivity index (χ0v) is 22.0. The predicted octanol–water partition coefficient (Wildman–Crippen LogP) is 10.3. The highest BCUT2D eigenvalue weighted by atomic mass is 31.0. The summed E-state index contributed by atoms with van der Waals surface area (Å²) >= 11 is 0. The van der Waals surface area contributed by atoms with Crippen LogP contribution in [0.2, 0.25) is 0 Å². The zero-order valence-electron chi connectivity index (χ0n) is 21.1. The first-order valence-electron chi connectivity index (χ1n) is 11.6. The Hall–Kier alpha value is -2.95. The van der Waals surface area contributed by atoms with Crippen molar-refractivity contribution in [1.82, 2.24) is 0 Å². The molecule has 1 heterocycles. The summed E-state index contributed by atoms with van der Waals surface area (Å²) in [6.45, 7) is 18.5. The zero-order chi connectivity index (χ0) is 24.1. The Morgan fingerprint density at radius 1 is 0.545 bits per heavy atom. The molecule has 0 nitrogen and oxygen atoms in total. The number of aryl methyl sites for hydroxylation is 6. The van der Waals surface area contributed by atoms with Gasteiger partial charge in [-0.05, 0) is 116 Å². The van der Waals surface area contributed by atoms with Crippen LogP contribution < -0.4 is 0 Å². The highest BCUT2D eigenvalue weighted by molar-refractivity contribution is 7.37. The van der Waals surface area contributed by atoms with E-state index in [4.69, 9.17) is 0 Å². The molecule has 0 fully saturated rings. The first-order chi connectivity index (χ1) is 15.7. The minimum atomic E-state index is 1.27. The van der Waals surface area contributed by atoms with Gasteiger partial charge in [-0.2, -0.15) is 0 Å². The van der Waals surface area contributed by atoms with E-state index >= 15 is 0 Å². The number of allylic oxidation sites excluding steroid dienone is 1. The monoisotopic (exact) mass is 450 g/mol. The van der Waals surface area contributed by atoms with Crippen LogP contribution in [-0.4, -0.2) is 0 Å². The van der Waals surface area contributed by atoms with E-state index in [1.54, 1.807) is 6.08 Å². The second kappa shape index (κ2) is 10.8. The van der Waals surface area contributed by atoms with Crippen molar-refractivity contribution in [2.75, 3.05) is 0 Å². The lowest BCUT2D eigenvalue weighted by molar-refractivity contribution is 1.30. The molecule has 168 valence electrons. The maximum absolute atomic E-state index is 3.36. The molecule has 0 aliphatic carbocycles. The maximum Gasteiger partial charge on any atom is 0.0105 e. The van der Waals surface area contributed by atoms with Crippen LogP contribution in [0, 0.1) is 41.5 Å². The van der Waals surface area contributed by atoms with E-state index < -0.39 is 0 Å². The summed E-state index contributed by atoms with van der Waals surface area (Å²) < 4.78 is 0. The molecule has 4 rings (SSSR count). The highest BCUT2D eigenvalue weighted by Gasteiger charge is 2.13. The van der Waals surface area contributed by atoms with E-state index in [0.717, 1.165) is 0 Å². The fraction of sp³-hybridized carbons (Fsp3) is 0.219. The van der Waals surface area contributed by atoms with E-state index in [0.29, 0.717) is 0 Å². The number of hydrogen-bond donors (Lipinski definition) is 0. The van der Waals surface area contributed by atoms with Crippen LogP contribution in [0.3, 0.4) is 0 Å². The van der Waals surface area contributed by atoms with Gasteiger partial charge in [-0.1, -0.05) is 68.9 Å². The summed E-state index contributed by atoms with van der Waals surface area (Å²) in [5, 5.41) is 2.76. The standard InChI is InChI=1S/C29H29P.C3H6/c1-18-12-22(5)26(14-20(18)3)28-16-25(24-10-8-7-9-11-24)17-29(30-28)27-15-21(4)19(2)13-23(27)6;1-3-2/h7-17H,1-6H3;3H,1H2,2H3. The van der Waals surface area contributed by atoms with Crippen LogP contribution in [0.5, 0.6) is 0 Å². The summed E-state index contributed by atoms with van der Waals surface area (Å²) in [6.07, 6.45) is 1.75. The summed E-state index contributed by atoms with van der Waals surface area (Å²) in [4.78, 5) is 0. The second-order valence-corrected chi connectivity index (χ2v) is 10.1. The normalized spacial score (nSPS) is 10.4. The van der Waals surface area contributed by atoms with E-state index in [1.165, 1.54) is 74.4 Å². The van der Waals surface area contributed by atoms with Crippen molar-refractivity contribution < 1.29 is 0 Å². The second-order valence-electron chi connectivity index (χ2n) is 8.90. The minimum absolute atomic E-state index is 1.27. The van der Waals surface area contributed by atoms with Gasteiger partial charge in [0.1, 0.15) is 0 Å². The Balaban J connectivity index is 0.000000968. The van der Waals surface area contributed by atoms with Gasteiger partial charge in [-0.15, -0.1) is 6.58 Å². The topological polar surface area (TPSA) is 0 Å². The Morgan fingerprint density at radius 2 is 0.939 bits per heavy atom. The van der Waals surface area contributed by atoms with Crippen molar-refractivity contribution in [3.8, 4) is 32.8 Å². The van der Waals surface area contributed by atoms with Gasteiger partial charge < -0.3 is 0 Å². The Morgan fingerprint density at radius 3 is 1.36 bits per heavy atom. The molecule has 0 spiro atoms. The third-order valence-corrected chi connectivity index (χ3v) is 7.39. The molecule has 0 aliphatic rings. The SMILES string of the molecule is C=CC.Cc1cc(C)c(-c2cc(-c3ccccc3)cc(-c3cc(C)c(C)cc3C)p2)cc1C. The first kappa shape index (κ1) is 24.7. The van der Waals surface area contributed by atoms with Crippen LogP contribution in [0.25, 0.3) is 32.8 Å². The molecular weight excluding hydrogens is 415 g/mol. The average molecular weight is 451 g/mol. The van der Waals surface area contributed by atoms with Gasteiger partial charge in [0.15, 0.2) is 0 Å². The Kier molecular flexibility index (Phi) is 8.06. The molecule has 0 amide bonds. The van der Waals surface area contributed by atoms with Crippen LogP contribution >= 0.6 is 8.19 Å². The third-order valence-electron chi connectivity index (χ3n) is 6.17. The Bertz CT molecular complexity index is 1200. The average Bonchev–Trinajstić information content (AvgIpc) is 2.79. The van der Waals surface area contributed by atoms with Crippen molar-refractivity contribution in [1.29, 1.82) is 0 Å². The number of rotatable bonds is 3. The molecule has 3 aromatic carbocycles.